The van der Waals surface area contributed by atoms with Crippen LogP contribution in [-0.4, -0.2) is 22.0 Å². The van der Waals surface area contributed by atoms with E-state index in [1.807, 2.05) is 46.6 Å². The zero-order valence-electron chi connectivity index (χ0n) is 12.1. The summed E-state index contributed by atoms with van der Waals surface area (Å²) < 4.78 is 7.19. The van der Waals surface area contributed by atoms with Crippen molar-refractivity contribution in [3.8, 4) is 5.13 Å². The van der Waals surface area contributed by atoms with E-state index in [-0.39, 0.29) is 5.91 Å². The van der Waals surface area contributed by atoms with Crippen LogP contribution in [0.4, 0.5) is 0 Å². The average molecular weight is 315 g/mol. The Morgan fingerprint density at radius 1 is 1.32 bits per heavy atom. The first-order valence-electron chi connectivity index (χ1n) is 7.18. The fourth-order valence-corrected chi connectivity index (χ4v) is 2.92. The summed E-state index contributed by atoms with van der Waals surface area (Å²) in [6.07, 6.45) is 7.57. The van der Waals surface area contributed by atoms with E-state index >= 15 is 0 Å². The molecule has 0 unspecified atom stereocenters. The highest BCUT2D eigenvalue weighted by Crippen LogP contribution is 2.15. The van der Waals surface area contributed by atoms with Crippen molar-refractivity contribution in [1.82, 2.24) is 14.9 Å². The second-order valence-corrected chi connectivity index (χ2v) is 5.76. The standard InChI is InChI=1S/C16H17N3O2S/c20-15(17-7-3-5-14-6-4-10-21-14)11-13-12-22-16(18-13)19-8-1-2-9-19/h1-2,4,6,8-10,12H,3,5,7,11H2,(H,17,20). The molecule has 0 spiro atoms. The van der Waals surface area contributed by atoms with Crippen LogP contribution in [0.1, 0.15) is 17.9 Å². The molecule has 22 heavy (non-hydrogen) atoms. The van der Waals surface area contributed by atoms with Crippen molar-refractivity contribution in [2.45, 2.75) is 19.3 Å². The first kappa shape index (κ1) is 14.6. The van der Waals surface area contributed by atoms with Crippen LogP contribution in [0.25, 0.3) is 5.13 Å². The molecule has 3 rings (SSSR count). The lowest BCUT2D eigenvalue weighted by Crippen LogP contribution is -2.26. The van der Waals surface area contributed by atoms with Gasteiger partial charge in [-0.15, -0.1) is 11.3 Å². The SMILES string of the molecule is O=C(Cc1csc(-n2cccc2)n1)NCCCc1ccco1. The minimum atomic E-state index is 0.00352. The minimum Gasteiger partial charge on any atom is -0.469 e. The number of thiazole rings is 1. The van der Waals surface area contributed by atoms with Crippen molar-refractivity contribution in [1.29, 1.82) is 0 Å². The van der Waals surface area contributed by atoms with Crippen LogP contribution < -0.4 is 5.32 Å². The van der Waals surface area contributed by atoms with E-state index in [2.05, 4.69) is 10.3 Å². The third-order valence-electron chi connectivity index (χ3n) is 3.21. The summed E-state index contributed by atoms with van der Waals surface area (Å²) in [4.78, 5) is 16.4. The Hall–Kier alpha value is -2.34. The molecular formula is C16H17N3O2S. The van der Waals surface area contributed by atoms with E-state index in [0.717, 1.165) is 29.4 Å². The van der Waals surface area contributed by atoms with Gasteiger partial charge in [0.05, 0.1) is 18.4 Å². The summed E-state index contributed by atoms with van der Waals surface area (Å²) in [6.45, 7) is 0.647. The van der Waals surface area contributed by atoms with Crippen molar-refractivity contribution < 1.29 is 9.21 Å². The summed E-state index contributed by atoms with van der Waals surface area (Å²) >= 11 is 1.54. The number of nitrogens with zero attached hydrogens (tertiary/aromatic N) is 2. The molecule has 1 N–H and O–H groups in total. The molecule has 0 aromatic carbocycles. The quantitative estimate of drug-likeness (QED) is 0.682. The largest absolute Gasteiger partial charge is 0.469 e. The second kappa shape index (κ2) is 7.09. The Labute approximate surface area is 132 Å². The minimum absolute atomic E-state index is 0.00352. The van der Waals surface area contributed by atoms with Crippen LogP contribution in [0.5, 0.6) is 0 Å². The normalized spacial score (nSPS) is 10.7. The number of aromatic nitrogens is 2. The van der Waals surface area contributed by atoms with Crippen LogP contribution in [0, 0.1) is 0 Å². The molecule has 3 aromatic rings. The molecule has 0 saturated carbocycles. The molecule has 114 valence electrons. The van der Waals surface area contributed by atoms with Crippen molar-refractivity contribution in [2.75, 3.05) is 6.54 Å². The second-order valence-electron chi connectivity index (χ2n) is 4.92. The van der Waals surface area contributed by atoms with E-state index in [0.29, 0.717) is 13.0 Å². The van der Waals surface area contributed by atoms with E-state index in [1.165, 1.54) is 11.3 Å². The maximum absolute atomic E-state index is 11.9. The molecule has 0 aliphatic rings. The highest BCUT2D eigenvalue weighted by atomic mass is 32.1. The number of aryl methyl sites for hydroxylation is 1. The van der Waals surface area contributed by atoms with Gasteiger partial charge in [-0.2, -0.15) is 0 Å². The lowest BCUT2D eigenvalue weighted by Gasteiger charge is -2.03. The van der Waals surface area contributed by atoms with Gasteiger partial charge < -0.3 is 14.3 Å². The Bertz CT molecular complexity index is 702. The molecule has 0 atom stereocenters. The molecule has 0 aliphatic heterocycles. The molecule has 3 aromatic heterocycles. The fraction of sp³-hybridized carbons (Fsp3) is 0.250. The molecular weight excluding hydrogens is 298 g/mol. The number of hydrogen-bond acceptors (Lipinski definition) is 4. The van der Waals surface area contributed by atoms with E-state index in [4.69, 9.17) is 4.42 Å². The van der Waals surface area contributed by atoms with Gasteiger partial charge in [0, 0.05) is 30.7 Å². The predicted molar refractivity (Wildman–Crippen MR) is 85.2 cm³/mol. The predicted octanol–water partition coefficient (Wildman–Crippen LogP) is 2.82. The van der Waals surface area contributed by atoms with Gasteiger partial charge in [-0.25, -0.2) is 4.98 Å². The Morgan fingerprint density at radius 3 is 2.95 bits per heavy atom. The molecule has 0 saturated heterocycles. The molecule has 5 nitrogen and oxygen atoms in total. The van der Waals surface area contributed by atoms with Gasteiger partial charge >= 0.3 is 0 Å². The van der Waals surface area contributed by atoms with Gasteiger partial charge in [0.25, 0.3) is 0 Å². The summed E-state index contributed by atoms with van der Waals surface area (Å²) in [5.41, 5.74) is 0.803. The number of rotatable bonds is 7. The molecule has 0 radical (unpaired) electrons. The molecule has 0 fully saturated rings. The number of nitrogens with one attached hydrogen (secondary N) is 1. The van der Waals surface area contributed by atoms with Gasteiger partial charge in [0.15, 0.2) is 5.13 Å². The zero-order chi connectivity index (χ0) is 15.2. The third kappa shape index (κ3) is 3.85. The average Bonchev–Trinajstić information content (AvgIpc) is 3.24. The van der Waals surface area contributed by atoms with Crippen molar-refractivity contribution in [3.63, 3.8) is 0 Å². The maximum atomic E-state index is 11.9. The molecule has 1 amide bonds. The lowest BCUT2D eigenvalue weighted by molar-refractivity contribution is -0.120. The van der Waals surface area contributed by atoms with Gasteiger partial charge in [-0.1, -0.05) is 0 Å². The first-order chi connectivity index (χ1) is 10.8. The van der Waals surface area contributed by atoms with E-state index in [1.54, 1.807) is 6.26 Å². The first-order valence-corrected chi connectivity index (χ1v) is 8.06. The smallest absolute Gasteiger partial charge is 0.226 e. The number of furan rings is 1. The molecule has 0 bridgehead atoms. The van der Waals surface area contributed by atoms with E-state index < -0.39 is 0 Å². The molecule has 3 heterocycles. The highest BCUT2D eigenvalue weighted by Gasteiger charge is 2.08. The maximum Gasteiger partial charge on any atom is 0.226 e. The summed E-state index contributed by atoms with van der Waals surface area (Å²) in [5, 5.41) is 5.72. The lowest BCUT2D eigenvalue weighted by atomic mass is 10.2. The fourth-order valence-electron chi connectivity index (χ4n) is 2.13. The van der Waals surface area contributed by atoms with Crippen LogP contribution in [0.2, 0.25) is 0 Å². The Balaban J connectivity index is 1.42. The molecule has 6 heteroatoms. The van der Waals surface area contributed by atoms with Crippen molar-refractivity contribution in [3.05, 3.63) is 59.8 Å². The van der Waals surface area contributed by atoms with Gasteiger partial charge in [0.2, 0.25) is 5.91 Å². The number of hydrogen-bond donors (Lipinski definition) is 1. The summed E-state index contributed by atoms with van der Waals surface area (Å²) in [5.74, 6) is 0.953. The van der Waals surface area contributed by atoms with Crippen molar-refractivity contribution >= 4 is 17.2 Å². The van der Waals surface area contributed by atoms with E-state index in [9.17, 15) is 4.79 Å². The third-order valence-corrected chi connectivity index (χ3v) is 4.11. The van der Waals surface area contributed by atoms with Gasteiger partial charge in [-0.3, -0.25) is 4.79 Å². The van der Waals surface area contributed by atoms with Gasteiger partial charge in [-0.05, 0) is 30.7 Å². The van der Waals surface area contributed by atoms with Crippen LogP contribution in [0.3, 0.4) is 0 Å². The van der Waals surface area contributed by atoms with Crippen LogP contribution in [0.15, 0.2) is 52.7 Å². The Morgan fingerprint density at radius 2 is 2.18 bits per heavy atom. The summed E-state index contributed by atoms with van der Waals surface area (Å²) in [7, 11) is 0. The Kier molecular flexibility index (Phi) is 4.70. The topological polar surface area (TPSA) is 60.1 Å². The van der Waals surface area contributed by atoms with Crippen LogP contribution in [-0.2, 0) is 17.6 Å². The van der Waals surface area contributed by atoms with Crippen LogP contribution >= 0.6 is 11.3 Å². The summed E-state index contributed by atoms with van der Waals surface area (Å²) in [6, 6.07) is 7.72. The number of carbonyl (C=O) groups is 1. The number of carbonyl (C=O) groups excluding carboxylic acids is 1. The highest BCUT2D eigenvalue weighted by molar-refractivity contribution is 7.12. The monoisotopic (exact) mass is 315 g/mol. The van der Waals surface area contributed by atoms with Crippen molar-refractivity contribution in [2.24, 2.45) is 0 Å². The number of amides is 1. The van der Waals surface area contributed by atoms with Gasteiger partial charge in [0.1, 0.15) is 5.76 Å². The molecule has 0 aliphatic carbocycles. The zero-order valence-corrected chi connectivity index (χ0v) is 12.9.